The molecule has 1 fully saturated rings. The van der Waals surface area contributed by atoms with Crippen molar-refractivity contribution < 1.29 is 9.18 Å². The molecule has 1 aliphatic heterocycles. The number of hydrogen-bond acceptors (Lipinski definition) is 7. The molecule has 0 saturated carbocycles. The van der Waals surface area contributed by atoms with Crippen LogP contribution in [0.15, 0.2) is 54.9 Å². The number of hydrogen-bond donors (Lipinski definition) is 1. The average molecular weight is 518 g/mol. The number of halogens is 1. The summed E-state index contributed by atoms with van der Waals surface area (Å²) < 4.78 is 17.9. The van der Waals surface area contributed by atoms with Gasteiger partial charge in [0.05, 0.1) is 11.9 Å². The van der Waals surface area contributed by atoms with Crippen molar-refractivity contribution in [3.63, 3.8) is 0 Å². The molecule has 198 valence electrons. The van der Waals surface area contributed by atoms with Crippen molar-refractivity contribution in [2.24, 2.45) is 7.05 Å². The van der Waals surface area contributed by atoms with Crippen LogP contribution in [0.4, 0.5) is 15.8 Å². The van der Waals surface area contributed by atoms with E-state index in [1.54, 1.807) is 21.6 Å². The molecule has 5 rings (SSSR count). The summed E-state index contributed by atoms with van der Waals surface area (Å²) >= 11 is 0. The fourth-order valence-corrected chi connectivity index (χ4v) is 4.59. The Hall–Kier alpha value is -4.12. The normalized spacial score (nSPS) is 14.3. The van der Waals surface area contributed by atoms with Gasteiger partial charge in [0.25, 0.3) is 5.91 Å². The van der Waals surface area contributed by atoms with Crippen LogP contribution >= 0.6 is 0 Å². The highest BCUT2D eigenvalue weighted by atomic mass is 19.1. The van der Waals surface area contributed by atoms with Gasteiger partial charge in [0.2, 0.25) is 0 Å². The van der Waals surface area contributed by atoms with Gasteiger partial charge in [0.1, 0.15) is 11.5 Å². The molecule has 0 radical (unpaired) electrons. The maximum absolute atomic E-state index is 14.6. The van der Waals surface area contributed by atoms with Crippen LogP contribution in [0, 0.1) is 5.82 Å². The predicted octanol–water partition coefficient (Wildman–Crippen LogP) is 3.24. The molecule has 2 aromatic carbocycles. The Morgan fingerprint density at radius 2 is 1.76 bits per heavy atom. The molecule has 10 nitrogen and oxygen atoms in total. The van der Waals surface area contributed by atoms with Crippen LogP contribution in [0.2, 0.25) is 0 Å². The lowest BCUT2D eigenvalue weighted by Gasteiger charge is -2.38. The molecule has 1 amide bonds. The molecule has 0 atom stereocenters. The van der Waals surface area contributed by atoms with E-state index in [0.717, 1.165) is 37.6 Å². The Kier molecular flexibility index (Phi) is 7.45. The predicted molar refractivity (Wildman–Crippen MR) is 143 cm³/mol. The molecule has 11 heteroatoms. The van der Waals surface area contributed by atoms with Crippen LogP contribution < -0.4 is 10.2 Å². The number of carbonyl (C=O) groups excluding carboxylic acids is 1. The van der Waals surface area contributed by atoms with Crippen molar-refractivity contribution in [2.45, 2.75) is 32.9 Å². The van der Waals surface area contributed by atoms with Crippen molar-refractivity contribution in [3.8, 4) is 11.3 Å². The van der Waals surface area contributed by atoms with Gasteiger partial charge in [-0.15, -0.1) is 10.2 Å². The number of carbonyl (C=O) groups is 1. The molecule has 0 bridgehead atoms. The Bertz CT molecular complexity index is 1390. The van der Waals surface area contributed by atoms with Crippen molar-refractivity contribution >= 4 is 17.3 Å². The lowest BCUT2D eigenvalue weighted by molar-refractivity contribution is 0.102. The van der Waals surface area contributed by atoms with E-state index < -0.39 is 5.82 Å². The maximum atomic E-state index is 14.6. The number of amides is 1. The van der Waals surface area contributed by atoms with E-state index in [2.05, 4.69) is 49.6 Å². The molecule has 2 aromatic heterocycles. The van der Waals surface area contributed by atoms with Crippen molar-refractivity contribution in [1.82, 2.24) is 34.9 Å². The molecule has 1 saturated heterocycles. The molecular weight excluding hydrogens is 485 g/mol. The molecule has 1 aliphatic rings. The lowest BCUT2D eigenvalue weighted by atomic mass is 10.1. The van der Waals surface area contributed by atoms with Gasteiger partial charge in [-0.1, -0.05) is 10.4 Å². The van der Waals surface area contributed by atoms with E-state index in [9.17, 15) is 9.18 Å². The van der Waals surface area contributed by atoms with Crippen LogP contribution in [-0.4, -0.2) is 73.0 Å². The summed E-state index contributed by atoms with van der Waals surface area (Å²) in [5.41, 5.74) is 3.62. The van der Waals surface area contributed by atoms with Gasteiger partial charge in [-0.3, -0.25) is 19.1 Å². The number of aromatic nitrogens is 6. The third kappa shape index (κ3) is 5.88. The number of nitrogens with zero attached hydrogens (tertiary/aromatic N) is 8. The first-order chi connectivity index (χ1) is 18.4. The second-order valence-corrected chi connectivity index (χ2v) is 9.81. The lowest BCUT2D eigenvalue weighted by Crippen LogP contribution is -2.48. The summed E-state index contributed by atoms with van der Waals surface area (Å²) in [5, 5.41) is 19.1. The van der Waals surface area contributed by atoms with Gasteiger partial charge < -0.3 is 10.2 Å². The average Bonchev–Trinajstić information content (AvgIpc) is 3.57. The topological polar surface area (TPSA) is 97.0 Å². The Morgan fingerprint density at radius 3 is 2.45 bits per heavy atom. The minimum atomic E-state index is -0.439. The second-order valence-electron chi connectivity index (χ2n) is 9.81. The number of aryl methyl sites for hydroxylation is 3. The summed E-state index contributed by atoms with van der Waals surface area (Å²) in [6, 6.07) is 12.6. The SMILES string of the molecule is CC(C)N1CCN(c2ccc(C(=O)Nc3ccc(F)c(-c4cn(CCc5cn(C)nn5)nn4)c3)cc2)CC1. The van der Waals surface area contributed by atoms with Gasteiger partial charge in [-0.25, -0.2) is 4.39 Å². The van der Waals surface area contributed by atoms with Crippen LogP contribution in [-0.2, 0) is 20.0 Å². The Labute approximate surface area is 221 Å². The quantitative estimate of drug-likeness (QED) is 0.383. The Balaban J connectivity index is 1.21. The van der Waals surface area contributed by atoms with E-state index in [-0.39, 0.29) is 11.5 Å². The smallest absolute Gasteiger partial charge is 0.255 e. The van der Waals surface area contributed by atoms with Crippen LogP contribution in [0.3, 0.4) is 0 Å². The zero-order chi connectivity index (χ0) is 26.6. The number of piperazine rings is 1. The van der Waals surface area contributed by atoms with Gasteiger partial charge in [-0.05, 0) is 56.3 Å². The maximum Gasteiger partial charge on any atom is 0.255 e. The van der Waals surface area contributed by atoms with Crippen molar-refractivity contribution in [1.29, 1.82) is 0 Å². The van der Waals surface area contributed by atoms with Crippen LogP contribution in [0.5, 0.6) is 0 Å². The monoisotopic (exact) mass is 517 g/mol. The van der Waals surface area contributed by atoms with Gasteiger partial charge in [0.15, 0.2) is 0 Å². The minimum absolute atomic E-state index is 0.258. The zero-order valence-electron chi connectivity index (χ0n) is 21.9. The highest BCUT2D eigenvalue weighted by Crippen LogP contribution is 2.25. The van der Waals surface area contributed by atoms with Gasteiger partial charge >= 0.3 is 0 Å². The summed E-state index contributed by atoms with van der Waals surface area (Å²) in [4.78, 5) is 17.7. The molecular formula is C27H32FN9O. The first-order valence-electron chi connectivity index (χ1n) is 12.8. The fraction of sp³-hybridized carbons (Fsp3) is 0.370. The van der Waals surface area contributed by atoms with E-state index in [1.165, 1.54) is 12.1 Å². The number of rotatable bonds is 8. The summed E-state index contributed by atoms with van der Waals surface area (Å²) in [7, 11) is 1.81. The third-order valence-electron chi connectivity index (χ3n) is 6.83. The first-order valence-corrected chi connectivity index (χ1v) is 12.8. The van der Waals surface area contributed by atoms with E-state index in [1.807, 2.05) is 37.5 Å². The third-order valence-corrected chi connectivity index (χ3v) is 6.83. The largest absolute Gasteiger partial charge is 0.369 e. The molecule has 4 aromatic rings. The minimum Gasteiger partial charge on any atom is -0.369 e. The van der Waals surface area contributed by atoms with Gasteiger partial charge in [0, 0.05) is 80.9 Å². The van der Waals surface area contributed by atoms with Crippen LogP contribution in [0.25, 0.3) is 11.3 Å². The fourth-order valence-electron chi connectivity index (χ4n) is 4.59. The molecule has 1 N–H and O–H groups in total. The zero-order valence-corrected chi connectivity index (χ0v) is 21.9. The van der Waals surface area contributed by atoms with Gasteiger partial charge in [-0.2, -0.15) is 0 Å². The highest BCUT2D eigenvalue weighted by Gasteiger charge is 2.19. The van der Waals surface area contributed by atoms with Crippen molar-refractivity contribution in [2.75, 3.05) is 36.4 Å². The number of nitrogens with one attached hydrogen (secondary N) is 1. The summed E-state index contributed by atoms with van der Waals surface area (Å²) in [6.45, 7) is 8.97. The molecule has 0 spiro atoms. The first kappa shape index (κ1) is 25.5. The summed E-state index contributed by atoms with van der Waals surface area (Å²) in [5.74, 6) is -0.697. The van der Waals surface area contributed by atoms with E-state index in [0.29, 0.717) is 36.0 Å². The number of benzene rings is 2. The van der Waals surface area contributed by atoms with E-state index >= 15 is 0 Å². The highest BCUT2D eigenvalue weighted by molar-refractivity contribution is 6.04. The van der Waals surface area contributed by atoms with Crippen molar-refractivity contribution in [3.05, 3.63) is 71.9 Å². The van der Waals surface area contributed by atoms with E-state index in [4.69, 9.17) is 0 Å². The molecule has 3 heterocycles. The second kappa shape index (κ2) is 11.1. The van der Waals surface area contributed by atoms with Crippen LogP contribution in [0.1, 0.15) is 29.9 Å². The molecule has 0 unspecified atom stereocenters. The standard InChI is InChI=1S/C27H32FN9O/c1-19(2)35-12-14-36(15-13-35)23-7-4-20(5-8-23)27(38)29-21-6-9-25(28)24(16-21)26-18-37(33-31-26)11-10-22-17-34(3)32-30-22/h4-9,16-19H,10-15H2,1-3H3,(H,29,38). The number of anilines is 2. The molecule has 38 heavy (non-hydrogen) atoms. The molecule has 0 aliphatic carbocycles. The Morgan fingerprint density at radius 1 is 1.00 bits per heavy atom. The summed E-state index contributed by atoms with van der Waals surface area (Å²) in [6.07, 6.45) is 4.15.